The van der Waals surface area contributed by atoms with E-state index in [1.54, 1.807) is 31.2 Å². The standard InChI is InChI=1S/C14H12Cl2FNO/c1-8(18)9-5-6-12(11(17)7-9)19-13-4-2-3-10(15)14(13)16/h2-8H,18H2,1H3/t8-/m1/s1. The van der Waals surface area contributed by atoms with E-state index in [-0.39, 0.29) is 16.8 Å². The third kappa shape index (κ3) is 3.18. The second-order valence-electron chi connectivity index (χ2n) is 4.13. The zero-order valence-electron chi connectivity index (χ0n) is 10.2. The average Bonchev–Trinajstić information content (AvgIpc) is 2.37. The number of hydrogen-bond donors (Lipinski definition) is 1. The van der Waals surface area contributed by atoms with Gasteiger partial charge in [0.15, 0.2) is 11.6 Å². The Balaban J connectivity index is 2.31. The molecule has 0 amide bonds. The molecule has 2 N–H and O–H groups in total. The van der Waals surface area contributed by atoms with Gasteiger partial charge in [0.1, 0.15) is 10.8 Å². The molecule has 2 aromatic carbocycles. The van der Waals surface area contributed by atoms with Gasteiger partial charge in [0.2, 0.25) is 0 Å². The number of ether oxygens (including phenoxy) is 1. The fourth-order valence-electron chi connectivity index (χ4n) is 1.56. The summed E-state index contributed by atoms with van der Waals surface area (Å²) in [6.45, 7) is 1.78. The predicted molar refractivity (Wildman–Crippen MR) is 75.5 cm³/mol. The lowest BCUT2D eigenvalue weighted by molar-refractivity contribution is 0.441. The van der Waals surface area contributed by atoms with Crippen molar-refractivity contribution in [2.45, 2.75) is 13.0 Å². The molecule has 0 unspecified atom stereocenters. The first-order chi connectivity index (χ1) is 8.99. The minimum Gasteiger partial charge on any atom is -0.453 e. The number of rotatable bonds is 3. The minimum absolute atomic E-state index is 0.0774. The summed E-state index contributed by atoms with van der Waals surface area (Å²) < 4.78 is 19.3. The summed E-state index contributed by atoms with van der Waals surface area (Å²) in [7, 11) is 0. The highest BCUT2D eigenvalue weighted by molar-refractivity contribution is 6.42. The van der Waals surface area contributed by atoms with Crippen molar-refractivity contribution in [2.75, 3.05) is 0 Å². The molecule has 1 atom stereocenters. The van der Waals surface area contributed by atoms with E-state index in [0.29, 0.717) is 16.3 Å². The van der Waals surface area contributed by atoms with Crippen LogP contribution in [0.25, 0.3) is 0 Å². The van der Waals surface area contributed by atoms with E-state index in [4.69, 9.17) is 33.7 Å². The van der Waals surface area contributed by atoms with Crippen LogP contribution in [0.2, 0.25) is 10.0 Å². The van der Waals surface area contributed by atoms with Crippen molar-refractivity contribution >= 4 is 23.2 Å². The highest BCUT2D eigenvalue weighted by Crippen LogP contribution is 2.35. The maximum Gasteiger partial charge on any atom is 0.166 e. The van der Waals surface area contributed by atoms with Gasteiger partial charge >= 0.3 is 0 Å². The first-order valence-corrected chi connectivity index (χ1v) is 6.41. The summed E-state index contributed by atoms with van der Waals surface area (Å²) in [5.41, 5.74) is 6.38. The van der Waals surface area contributed by atoms with Gasteiger partial charge in [0.25, 0.3) is 0 Å². The molecule has 0 heterocycles. The Bertz CT molecular complexity index is 602. The first-order valence-electron chi connectivity index (χ1n) is 5.66. The summed E-state index contributed by atoms with van der Waals surface area (Å²) >= 11 is 11.8. The summed E-state index contributed by atoms with van der Waals surface area (Å²) in [6, 6.07) is 9.26. The van der Waals surface area contributed by atoms with E-state index >= 15 is 0 Å². The molecule has 0 aromatic heterocycles. The highest BCUT2D eigenvalue weighted by Gasteiger charge is 2.11. The first kappa shape index (κ1) is 14.1. The lowest BCUT2D eigenvalue weighted by Gasteiger charge is -2.11. The van der Waals surface area contributed by atoms with E-state index < -0.39 is 5.82 Å². The van der Waals surface area contributed by atoms with E-state index in [2.05, 4.69) is 0 Å². The van der Waals surface area contributed by atoms with E-state index in [0.717, 1.165) is 0 Å². The Hall–Kier alpha value is -1.29. The summed E-state index contributed by atoms with van der Waals surface area (Å²) in [5.74, 6) is -0.110. The molecule has 0 aliphatic rings. The van der Waals surface area contributed by atoms with Crippen molar-refractivity contribution in [3.63, 3.8) is 0 Å². The van der Waals surface area contributed by atoms with Crippen molar-refractivity contribution in [3.8, 4) is 11.5 Å². The number of benzene rings is 2. The van der Waals surface area contributed by atoms with Crippen LogP contribution in [-0.4, -0.2) is 0 Å². The molecule has 0 aliphatic carbocycles. The minimum atomic E-state index is -0.495. The van der Waals surface area contributed by atoms with Gasteiger partial charge in [0, 0.05) is 6.04 Å². The third-order valence-corrected chi connectivity index (χ3v) is 3.42. The van der Waals surface area contributed by atoms with Crippen LogP contribution in [0.4, 0.5) is 4.39 Å². The molecule has 0 saturated carbocycles. The van der Waals surface area contributed by atoms with Crippen LogP contribution in [0.1, 0.15) is 18.5 Å². The Kier molecular flexibility index (Phi) is 4.30. The van der Waals surface area contributed by atoms with Gasteiger partial charge in [-0.05, 0) is 36.8 Å². The van der Waals surface area contributed by atoms with Gasteiger partial charge in [-0.3, -0.25) is 0 Å². The van der Waals surface area contributed by atoms with Crippen LogP contribution in [0.15, 0.2) is 36.4 Å². The molecule has 0 saturated heterocycles. The van der Waals surface area contributed by atoms with Gasteiger partial charge in [-0.2, -0.15) is 0 Å². The summed E-state index contributed by atoms with van der Waals surface area (Å²) in [6.07, 6.45) is 0. The second kappa shape index (κ2) is 5.78. The molecular weight excluding hydrogens is 288 g/mol. The fraction of sp³-hybridized carbons (Fsp3) is 0.143. The Morgan fingerprint density at radius 2 is 1.89 bits per heavy atom. The monoisotopic (exact) mass is 299 g/mol. The Labute approximate surface area is 120 Å². The van der Waals surface area contributed by atoms with Gasteiger partial charge in [-0.25, -0.2) is 4.39 Å². The third-order valence-electron chi connectivity index (χ3n) is 2.62. The van der Waals surface area contributed by atoms with E-state index in [9.17, 15) is 4.39 Å². The van der Waals surface area contributed by atoms with Crippen LogP contribution in [0, 0.1) is 5.82 Å². The van der Waals surface area contributed by atoms with E-state index in [1.165, 1.54) is 12.1 Å². The smallest absolute Gasteiger partial charge is 0.166 e. The zero-order chi connectivity index (χ0) is 14.0. The van der Waals surface area contributed by atoms with Gasteiger partial charge < -0.3 is 10.5 Å². The van der Waals surface area contributed by atoms with Crippen LogP contribution in [-0.2, 0) is 0 Å². The maximum absolute atomic E-state index is 13.9. The number of hydrogen-bond acceptors (Lipinski definition) is 2. The topological polar surface area (TPSA) is 35.2 Å². The molecule has 19 heavy (non-hydrogen) atoms. The number of halogens is 3. The summed E-state index contributed by atoms with van der Waals surface area (Å²) in [5, 5.41) is 0.603. The molecule has 0 aliphatic heterocycles. The molecule has 0 fully saturated rings. The number of nitrogens with two attached hydrogens (primary N) is 1. The molecule has 0 spiro atoms. The molecule has 0 radical (unpaired) electrons. The van der Waals surface area contributed by atoms with Crippen molar-refractivity contribution in [1.82, 2.24) is 0 Å². The van der Waals surface area contributed by atoms with Crippen LogP contribution in [0.3, 0.4) is 0 Å². The lowest BCUT2D eigenvalue weighted by Crippen LogP contribution is -2.05. The van der Waals surface area contributed by atoms with Crippen LogP contribution in [0.5, 0.6) is 11.5 Å². The average molecular weight is 300 g/mol. The van der Waals surface area contributed by atoms with Crippen LogP contribution >= 0.6 is 23.2 Å². The zero-order valence-corrected chi connectivity index (χ0v) is 11.7. The Morgan fingerprint density at radius 1 is 1.16 bits per heavy atom. The highest BCUT2D eigenvalue weighted by atomic mass is 35.5. The fourth-order valence-corrected chi connectivity index (χ4v) is 1.89. The second-order valence-corrected chi connectivity index (χ2v) is 4.92. The molecule has 0 bridgehead atoms. The molecule has 2 aromatic rings. The van der Waals surface area contributed by atoms with Gasteiger partial charge in [-0.15, -0.1) is 0 Å². The Morgan fingerprint density at radius 3 is 2.53 bits per heavy atom. The molecule has 2 nitrogen and oxygen atoms in total. The molecule has 5 heteroatoms. The van der Waals surface area contributed by atoms with Crippen molar-refractivity contribution in [2.24, 2.45) is 5.73 Å². The van der Waals surface area contributed by atoms with Crippen molar-refractivity contribution in [1.29, 1.82) is 0 Å². The maximum atomic E-state index is 13.9. The summed E-state index contributed by atoms with van der Waals surface area (Å²) in [4.78, 5) is 0. The van der Waals surface area contributed by atoms with Crippen molar-refractivity contribution in [3.05, 3.63) is 57.8 Å². The van der Waals surface area contributed by atoms with Gasteiger partial charge in [0.05, 0.1) is 5.02 Å². The van der Waals surface area contributed by atoms with Crippen molar-refractivity contribution < 1.29 is 9.13 Å². The van der Waals surface area contributed by atoms with Crippen LogP contribution < -0.4 is 10.5 Å². The molecular formula is C14H12Cl2FNO. The largest absolute Gasteiger partial charge is 0.453 e. The SMILES string of the molecule is C[C@@H](N)c1ccc(Oc2cccc(Cl)c2Cl)c(F)c1. The molecule has 2 rings (SSSR count). The normalized spacial score (nSPS) is 12.3. The quantitative estimate of drug-likeness (QED) is 0.871. The van der Waals surface area contributed by atoms with Gasteiger partial charge in [-0.1, -0.05) is 35.3 Å². The lowest BCUT2D eigenvalue weighted by atomic mass is 10.1. The molecule has 100 valence electrons. The predicted octanol–water partition coefficient (Wildman–Crippen LogP) is 4.94. The van der Waals surface area contributed by atoms with E-state index in [1.807, 2.05) is 0 Å².